The molecule has 0 aromatic heterocycles. The standard InChI is InChI=1S/C38H33NO2/c1-25-17-19-27(20-18-25)38-37(36-31-15-9-7-13-29(31)30-14-8-10-16-32(30)36)33-22-35(41-3)34(40-2)21-28(33)24-39(38)23-26-11-5-4-6-12-26/h4-22,38H,23-24H2,1-3H3. The minimum atomic E-state index is 0.0376. The van der Waals surface area contributed by atoms with Gasteiger partial charge in [-0.2, -0.15) is 0 Å². The summed E-state index contributed by atoms with van der Waals surface area (Å²) in [7, 11) is 3.44. The summed E-state index contributed by atoms with van der Waals surface area (Å²) >= 11 is 0. The molecule has 0 amide bonds. The number of hydrogen-bond acceptors (Lipinski definition) is 3. The Morgan fingerprint density at radius 1 is 0.634 bits per heavy atom. The number of benzene rings is 5. The van der Waals surface area contributed by atoms with Crippen LogP contribution in [0.15, 0.2) is 115 Å². The highest BCUT2D eigenvalue weighted by molar-refractivity contribution is 6.11. The minimum absolute atomic E-state index is 0.0376. The van der Waals surface area contributed by atoms with E-state index in [1.807, 2.05) is 0 Å². The van der Waals surface area contributed by atoms with Gasteiger partial charge in [0.25, 0.3) is 0 Å². The van der Waals surface area contributed by atoms with Gasteiger partial charge in [-0.25, -0.2) is 0 Å². The molecule has 1 aliphatic carbocycles. The molecule has 1 atom stereocenters. The second kappa shape index (κ2) is 10.4. The maximum atomic E-state index is 5.87. The van der Waals surface area contributed by atoms with Crippen molar-refractivity contribution >= 4 is 11.1 Å². The molecule has 0 bridgehead atoms. The van der Waals surface area contributed by atoms with Gasteiger partial charge in [0.2, 0.25) is 0 Å². The van der Waals surface area contributed by atoms with E-state index in [1.54, 1.807) is 14.2 Å². The topological polar surface area (TPSA) is 21.7 Å². The van der Waals surface area contributed by atoms with Crippen molar-refractivity contribution in [2.45, 2.75) is 26.1 Å². The van der Waals surface area contributed by atoms with Gasteiger partial charge in [0.05, 0.1) is 20.3 Å². The molecule has 3 heteroatoms. The molecule has 0 fully saturated rings. The Kier molecular flexibility index (Phi) is 6.45. The SMILES string of the molecule is COc1cc2c(cc1OC)C(=C1c3ccccc3-c3ccccc31)C(c1ccc(C)cc1)N(Cc1ccccc1)C2. The first-order chi connectivity index (χ1) is 20.2. The average Bonchev–Trinajstić information content (AvgIpc) is 3.35. The van der Waals surface area contributed by atoms with Crippen LogP contribution in [0.4, 0.5) is 0 Å². The molecule has 5 aromatic carbocycles. The molecule has 5 aromatic rings. The van der Waals surface area contributed by atoms with E-state index in [0.29, 0.717) is 0 Å². The van der Waals surface area contributed by atoms with E-state index < -0.39 is 0 Å². The molecule has 0 saturated heterocycles. The van der Waals surface area contributed by atoms with Crippen LogP contribution < -0.4 is 9.47 Å². The first-order valence-electron chi connectivity index (χ1n) is 14.2. The maximum Gasteiger partial charge on any atom is 0.161 e. The monoisotopic (exact) mass is 535 g/mol. The third-order valence-electron chi connectivity index (χ3n) is 8.49. The number of nitrogens with zero attached hydrogens (tertiary/aromatic N) is 1. The highest BCUT2D eigenvalue weighted by Crippen LogP contribution is 2.54. The fraction of sp³-hybridized carbons (Fsp3) is 0.158. The van der Waals surface area contributed by atoms with E-state index in [0.717, 1.165) is 24.6 Å². The smallest absolute Gasteiger partial charge is 0.161 e. The summed E-state index contributed by atoms with van der Waals surface area (Å²) in [5.74, 6) is 1.51. The minimum Gasteiger partial charge on any atom is -0.493 e. The van der Waals surface area contributed by atoms with Gasteiger partial charge in [-0.1, -0.05) is 109 Å². The number of aryl methyl sites for hydroxylation is 1. The van der Waals surface area contributed by atoms with Gasteiger partial charge in [-0.05, 0) is 74.7 Å². The molecular weight excluding hydrogens is 502 g/mol. The molecule has 0 saturated carbocycles. The van der Waals surface area contributed by atoms with Crippen LogP contribution in [-0.4, -0.2) is 19.1 Å². The molecule has 0 radical (unpaired) electrons. The summed E-state index contributed by atoms with van der Waals surface area (Å²) in [4.78, 5) is 2.61. The van der Waals surface area contributed by atoms with Crippen molar-refractivity contribution in [3.8, 4) is 22.6 Å². The summed E-state index contributed by atoms with van der Waals surface area (Å²) in [5.41, 5.74) is 14.1. The zero-order chi connectivity index (χ0) is 27.9. The lowest BCUT2D eigenvalue weighted by Gasteiger charge is -2.41. The number of rotatable bonds is 5. The van der Waals surface area contributed by atoms with E-state index in [4.69, 9.17) is 9.47 Å². The van der Waals surface area contributed by atoms with E-state index in [2.05, 4.69) is 127 Å². The molecule has 0 N–H and O–H groups in total. The number of hydrogen-bond donors (Lipinski definition) is 0. The molecule has 41 heavy (non-hydrogen) atoms. The van der Waals surface area contributed by atoms with Crippen molar-refractivity contribution in [2.24, 2.45) is 0 Å². The summed E-state index contributed by atoms with van der Waals surface area (Å²) in [5, 5.41) is 0. The molecular formula is C38H33NO2. The molecule has 1 heterocycles. The average molecular weight is 536 g/mol. The number of methoxy groups -OCH3 is 2. The van der Waals surface area contributed by atoms with Gasteiger partial charge in [-0.3, -0.25) is 4.90 Å². The Bertz CT molecular complexity index is 1720. The van der Waals surface area contributed by atoms with E-state index in [-0.39, 0.29) is 6.04 Å². The van der Waals surface area contributed by atoms with Crippen LogP contribution in [0.1, 0.15) is 45.0 Å². The molecule has 2 aliphatic rings. The zero-order valence-corrected chi connectivity index (χ0v) is 23.7. The second-order valence-corrected chi connectivity index (χ2v) is 10.9. The van der Waals surface area contributed by atoms with Gasteiger partial charge in [0, 0.05) is 13.1 Å². The Balaban J connectivity index is 1.58. The highest BCUT2D eigenvalue weighted by atomic mass is 16.5. The van der Waals surface area contributed by atoms with Crippen molar-refractivity contribution in [3.63, 3.8) is 0 Å². The summed E-state index contributed by atoms with van der Waals surface area (Å²) in [6, 6.07) is 41.9. The summed E-state index contributed by atoms with van der Waals surface area (Å²) in [6.45, 7) is 3.78. The van der Waals surface area contributed by atoms with E-state index in [1.165, 1.54) is 61.2 Å². The van der Waals surface area contributed by atoms with Crippen LogP contribution in [-0.2, 0) is 13.1 Å². The van der Waals surface area contributed by atoms with Gasteiger partial charge in [0.1, 0.15) is 0 Å². The molecule has 1 aliphatic heterocycles. The Labute approximate surface area is 242 Å². The molecule has 3 nitrogen and oxygen atoms in total. The van der Waals surface area contributed by atoms with Gasteiger partial charge in [0.15, 0.2) is 11.5 Å². The predicted octanol–water partition coefficient (Wildman–Crippen LogP) is 8.71. The third kappa shape index (κ3) is 4.34. The van der Waals surface area contributed by atoms with E-state index in [9.17, 15) is 0 Å². The maximum absolute atomic E-state index is 5.87. The molecule has 7 rings (SSSR count). The van der Waals surface area contributed by atoms with Crippen LogP contribution in [0.5, 0.6) is 11.5 Å². The van der Waals surface area contributed by atoms with Gasteiger partial charge < -0.3 is 9.47 Å². The largest absolute Gasteiger partial charge is 0.493 e. The highest BCUT2D eigenvalue weighted by Gasteiger charge is 2.38. The molecule has 1 unspecified atom stereocenters. The lowest BCUT2D eigenvalue weighted by Crippen LogP contribution is -2.33. The van der Waals surface area contributed by atoms with Crippen molar-refractivity contribution in [2.75, 3.05) is 14.2 Å². The normalized spacial score (nSPS) is 15.7. The second-order valence-electron chi connectivity index (χ2n) is 10.9. The van der Waals surface area contributed by atoms with Gasteiger partial charge in [-0.15, -0.1) is 0 Å². The van der Waals surface area contributed by atoms with Crippen LogP contribution in [0, 0.1) is 6.92 Å². The van der Waals surface area contributed by atoms with Crippen LogP contribution in [0.25, 0.3) is 22.3 Å². The first kappa shape index (κ1) is 25.4. The Morgan fingerprint density at radius 2 is 1.20 bits per heavy atom. The van der Waals surface area contributed by atoms with Gasteiger partial charge >= 0.3 is 0 Å². The quantitative estimate of drug-likeness (QED) is 0.220. The lowest BCUT2D eigenvalue weighted by molar-refractivity contribution is 0.210. The van der Waals surface area contributed by atoms with Crippen molar-refractivity contribution in [1.82, 2.24) is 4.90 Å². The number of ether oxygens (including phenoxy) is 2. The predicted molar refractivity (Wildman–Crippen MR) is 167 cm³/mol. The summed E-state index contributed by atoms with van der Waals surface area (Å²) in [6.07, 6.45) is 0. The third-order valence-corrected chi connectivity index (χ3v) is 8.49. The van der Waals surface area contributed by atoms with Crippen LogP contribution in [0.3, 0.4) is 0 Å². The molecule has 202 valence electrons. The zero-order valence-electron chi connectivity index (χ0n) is 23.7. The van der Waals surface area contributed by atoms with Crippen LogP contribution in [0.2, 0.25) is 0 Å². The first-order valence-corrected chi connectivity index (χ1v) is 14.2. The van der Waals surface area contributed by atoms with E-state index >= 15 is 0 Å². The van der Waals surface area contributed by atoms with Crippen molar-refractivity contribution < 1.29 is 9.47 Å². The Hall–Kier alpha value is -4.60. The lowest BCUT2D eigenvalue weighted by atomic mass is 9.79. The number of fused-ring (bicyclic) bond motifs is 4. The molecule has 0 spiro atoms. The summed E-state index contributed by atoms with van der Waals surface area (Å²) < 4.78 is 11.7. The van der Waals surface area contributed by atoms with Crippen LogP contribution >= 0.6 is 0 Å². The van der Waals surface area contributed by atoms with Crippen molar-refractivity contribution in [1.29, 1.82) is 0 Å². The van der Waals surface area contributed by atoms with Crippen molar-refractivity contribution in [3.05, 3.63) is 154 Å². The fourth-order valence-corrected chi connectivity index (χ4v) is 6.61. The Morgan fingerprint density at radius 3 is 1.80 bits per heavy atom. The fourth-order valence-electron chi connectivity index (χ4n) is 6.61.